The highest BCUT2D eigenvalue weighted by atomic mass is 16.5. The van der Waals surface area contributed by atoms with Crippen molar-refractivity contribution >= 4 is 5.71 Å². The number of allylic oxidation sites excluding steroid dienone is 2. The molecule has 1 saturated carbocycles. The van der Waals surface area contributed by atoms with Crippen molar-refractivity contribution in [3.05, 3.63) is 41.5 Å². The summed E-state index contributed by atoms with van der Waals surface area (Å²) in [5, 5.41) is 38.0. The fourth-order valence-corrected chi connectivity index (χ4v) is 4.40. The number of methoxy groups -OCH3 is 1. The molecule has 1 aromatic rings. The molecule has 5 heteroatoms. The second kappa shape index (κ2) is 6.66. The molecule has 2 aliphatic rings. The Kier molecular flexibility index (Phi) is 4.54. The summed E-state index contributed by atoms with van der Waals surface area (Å²) < 4.78 is 5.33. The van der Waals surface area contributed by atoms with Gasteiger partial charge in [0.25, 0.3) is 0 Å². The maximum atomic E-state index is 9.84. The predicted octanol–water partition coefficient (Wildman–Crippen LogP) is 3.96. The molecule has 5 nitrogen and oxygen atoms in total. The normalized spacial score (nSPS) is 29.3. The third kappa shape index (κ3) is 2.47. The molecule has 1 N–H and O–H groups in total. The number of nitrogens with zero attached hydrogens (tertiary/aromatic N) is 3. The van der Waals surface area contributed by atoms with Crippen LogP contribution >= 0.6 is 0 Å². The molecule has 0 heterocycles. The van der Waals surface area contributed by atoms with E-state index in [0.717, 1.165) is 18.4 Å². The van der Waals surface area contributed by atoms with E-state index in [-0.39, 0.29) is 17.5 Å². The van der Waals surface area contributed by atoms with Gasteiger partial charge in [-0.25, -0.2) is 0 Å². The smallest absolute Gasteiger partial charge is 0.203 e. The molecule has 4 atom stereocenters. The molecule has 26 heavy (non-hydrogen) atoms. The molecule has 1 aromatic carbocycles. The Morgan fingerprint density at radius 3 is 2.58 bits per heavy atom. The van der Waals surface area contributed by atoms with Crippen LogP contribution in [0.4, 0.5) is 0 Å². The van der Waals surface area contributed by atoms with Crippen molar-refractivity contribution < 1.29 is 4.74 Å². The summed E-state index contributed by atoms with van der Waals surface area (Å²) in [6, 6.07) is 13.9. The van der Waals surface area contributed by atoms with Gasteiger partial charge in [0.05, 0.1) is 36.9 Å². The average molecular weight is 344 g/mol. The van der Waals surface area contributed by atoms with Crippen LogP contribution < -0.4 is 4.74 Å². The van der Waals surface area contributed by atoms with Gasteiger partial charge in [-0.15, -0.1) is 0 Å². The van der Waals surface area contributed by atoms with Gasteiger partial charge in [0.2, 0.25) is 5.41 Å². The van der Waals surface area contributed by atoms with Crippen molar-refractivity contribution in [2.45, 2.75) is 25.7 Å². The van der Waals surface area contributed by atoms with Crippen LogP contribution in [0.5, 0.6) is 5.75 Å². The van der Waals surface area contributed by atoms with Crippen molar-refractivity contribution in [3.8, 4) is 24.0 Å². The molecule has 0 unspecified atom stereocenters. The summed E-state index contributed by atoms with van der Waals surface area (Å²) in [4.78, 5) is 0. The molecule has 3 rings (SSSR count). The molecule has 0 radical (unpaired) electrons. The topological polar surface area (TPSA) is 104 Å². The zero-order chi connectivity index (χ0) is 18.9. The summed E-state index contributed by atoms with van der Waals surface area (Å²) in [5.41, 5.74) is -0.115. The van der Waals surface area contributed by atoms with E-state index in [9.17, 15) is 15.8 Å². The summed E-state index contributed by atoms with van der Waals surface area (Å²) in [6.07, 6.45) is 3.54. The molecule has 0 aromatic heterocycles. The van der Waals surface area contributed by atoms with Gasteiger partial charge in [-0.3, -0.25) is 0 Å². The SMILES string of the molecule is COc1cccc([C@H]2[C@H](C#N)C(=N)C(C#N)(C#N)C3=CC[C@@H](C)C[C@@H]32)c1. The highest BCUT2D eigenvalue weighted by Gasteiger charge is 2.56. The number of benzene rings is 1. The van der Waals surface area contributed by atoms with E-state index in [0.29, 0.717) is 17.2 Å². The first-order valence-electron chi connectivity index (χ1n) is 8.67. The largest absolute Gasteiger partial charge is 0.497 e. The Hall–Kier alpha value is -3.10. The van der Waals surface area contributed by atoms with Crippen molar-refractivity contribution in [2.24, 2.45) is 23.2 Å². The lowest BCUT2D eigenvalue weighted by molar-refractivity contribution is 0.298. The lowest BCUT2D eigenvalue weighted by Crippen LogP contribution is -2.48. The van der Waals surface area contributed by atoms with Crippen molar-refractivity contribution in [1.29, 1.82) is 21.2 Å². The standard InChI is InChI=1S/C21H20N4O/c1-13-6-7-18-16(8-13)19(14-4-3-5-15(9-14)26-2)17(10-22)20(25)21(18,11-23)12-24/h3-5,7,9,13,16-17,19,25H,6,8H2,1-2H3/t13-,16+,17+,19-/m1/s1. The van der Waals surface area contributed by atoms with Gasteiger partial charge < -0.3 is 10.1 Å². The zero-order valence-corrected chi connectivity index (χ0v) is 14.9. The molecule has 2 aliphatic carbocycles. The predicted molar refractivity (Wildman–Crippen MR) is 96.2 cm³/mol. The summed E-state index contributed by atoms with van der Waals surface area (Å²) in [5.74, 6) is -0.0831. The number of nitrogens with one attached hydrogen (secondary N) is 1. The first-order valence-corrected chi connectivity index (χ1v) is 8.67. The minimum absolute atomic E-state index is 0.102. The molecule has 1 fully saturated rings. The highest BCUT2D eigenvalue weighted by Crippen LogP contribution is 2.55. The van der Waals surface area contributed by atoms with Gasteiger partial charge in [-0.2, -0.15) is 15.8 Å². The molecule has 130 valence electrons. The van der Waals surface area contributed by atoms with Gasteiger partial charge in [0.15, 0.2) is 0 Å². The van der Waals surface area contributed by atoms with Crippen molar-refractivity contribution in [3.63, 3.8) is 0 Å². The number of fused-ring (bicyclic) bond motifs is 1. The lowest BCUT2D eigenvalue weighted by atomic mass is 9.53. The second-order valence-corrected chi connectivity index (χ2v) is 7.14. The quantitative estimate of drug-likeness (QED) is 0.820. The monoisotopic (exact) mass is 344 g/mol. The van der Waals surface area contributed by atoms with E-state index in [1.807, 2.05) is 30.3 Å². The number of ether oxygens (including phenoxy) is 1. The van der Waals surface area contributed by atoms with Gasteiger partial charge >= 0.3 is 0 Å². The third-order valence-corrected chi connectivity index (χ3v) is 5.69. The van der Waals surface area contributed by atoms with Crippen LogP contribution in [0.15, 0.2) is 35.9 Å². The minimum Gasteiger partial charge on any atom is -0.497 e. The van der Waals surface area contributed by atoms with E-state index in [4.69, 9.17) is 10.1 Å². The Morgan fingerprint density at radius 1 is 1.23 bits per heavy atom. The molecule has 0 aliphatic heterocycles. The van der Waals surface area contributed by atoms with Crippen LogP contribution in [0, 0.1) is 62.6 Å². The van der Waals surface area contributed by atoms with E-state index in [2.05, 4.69) is 25.1 Å². The maximum Gasteiger partial charge on any atom is 0.203 e. The summed E-state index contributed by atoms with van der Waals surface area (Å²) in [7, 11) is 1.59. The molecule has 0 bridgehead atoms. The van der Waals surface area contributed by atoms with Gasteiger partial charge in [0, 0.05) is 5.92 Å². The van der Waals surface area contributed by atoms with Crippen LogP contribution in [0.25, 0.3) is 0 Å². The van der Waals surface area contributed by atoms with E-state index in [1.54, 1.807) is 7.11 Å². The fraction of sp³-hybridized carbons (Fsp3) is 0.429. The van der Waals surface area contributed by atoms with E-state index >= 15 is 0 Å². The number of hydrogen-bond acceptors (Lipinski definition) is 5. The average Bonchev–Trinajstić information content (AvgIpc) is 2.67. The molecule has 0 amide bonds. The first kappa shape index (κ1) is 17.7. The fourth-order valence-electron chi connectivity index (χ4n) is 4.40. The summed E-state index contributed by atoms with van der Waals surface area (Å²) in [6.45, 7) is 2.14. The van der Waals surface area contributed by atoms with Gasteiger partial charge in [-0.1, -0.05) is 25.1 Å². The van der Waals surface area contributed by atoms with Crippen LogP contribution in [-0.2, 0) is 0 Å². The van der Waals surface area contributed by atoms with Crippen LogP contribution in [-0.4, -0.2) is 12.8 Å². The van der Waals surface area contributed by atoms with Crippen molar-refractivity contribution in [2.75, 3.05) is 7.11 Å². The van der Waals surface area contributed by atoms with Gasteiger partial charge in [0.1, 0.15) is 5.75 Å². The Balaban J connectivity index is 2.22. The number of rotatable bonds is 2. The third-order valence-electron chi connectivity index (χ3n) is 5.69. The second-order valence-electron chi connectivity index (χ2n) is 7.14. The molecule has 0 spiro atoms. The number of hydrogen-bond donors (Lipinski definition) is 1. The van der Waals surface area contributed by atoms with Crippen LogP contribution in [0.2, 0.25) is 0 Å². The summed E-state index contributed by atoms with van der Waals surface area (Å²) >= 11 is 0. The molecular weight excluding hydrogens is 324 g/mol. The highest BCUT2D eigenvalue weighted by molar-refractivity contribution is 6.01. The zero-order valence-electron chi connectivity index (χ0n) is 14.9. The lowest BCUT2D eigenvalue weighted by Gasteiger charge is -2.46. The van der Waals surface area contributed by atoms with E-state index in [1.165, 1.54) is 0 Å². The van der Waals surface area contributed by atoms with Crippen LogP contribution in [0.3, 0.4) is 0 Å². The minimum atomic E-state index is -1.62. The Bertz CT molecular complexity index is 882. The number of nitriles is 3. The molecule has 0 saturated heterocycles. The Morgan fingerprint density at radius 2 is 1.96 bits per heavy atom. The van der Waals surface area contributed by atoms with Gasteiger partial charge in [-0.05, 0) is 47.9 Å². The van der Waals surface area contributed by atoms with Crippen LogP contribution in [0.1, 0.15) is 31.2 Å². The molecular formula is C21H20N4O. The van der Waals surface area contributed by atoms with E-state index < -0.39 is 11.3 Å². The van der Waals surface area contributed by atoms with Crippen molar-refractivity contribution in [1.82, 2.24) is 0 Å². The first-order chi connectivity index (χ1) is 12.5. The Labute approximate surface area is 153 Å². The maximum absolute atomic E-state index is 9.84.